The molecule has 0 aliphatic heterocycles. The predicted molar refractivity (Wildman–Crippen MR) is 82.0 cm³/mol. The van der Waals surface area contributed by atoms with Crippen LogP contribution >= 0.6 is 0 Å². The highest BCUT2D eigenvalue weighted by Gasteiger charge is 2.14. The van der Waals surface area contributed by atoms with Crippen LogP contribution in [0.2, 0.25) is 0 Å². The molecule has 0 spiro atoms. The number of carbonyl (C=O) groups is 1. The van der Waals surface area contributed by atoms with Gasteiger partial charge in [-0.15, -0.1) is 0 Å². The maximum atomic E-state index is 12.3. The van der Waals surface area contributed by atoms with Crippen molar-refractivity contribution in [3.63, 3.8) is 0 Å². The van der Waals surface area contributed by atoms with Crippen LogP contribution in [-0.4, -0.2) is 5.91 Å². The highest BCUT2D eigenvalue weighted by atomic mass is 16.1. The molecular formula is C17H18N2O. The van der Waals surface area contributed by atoms with Gasteiger partial charge in [0.2, 0.25) is 0 Å². The van der Waals surface area contributed by atoms with Crippen LogP contribution in [0.4, 0.5) is 11.4 Å². The van der Waals surface area contributed by atoms with Gasteiger partial charge in [-0.3, -0.25) is 4.79 Å². The lowest BCUT2D eigenvalue weighted by molar-refractivity contribution is 0.102. The number of carbonyl (C=O) groups excluding carboxylic acids is 1. The van der Waals surface area contributed by atoms with Crippen LogP contribution in [0.25, 0.3) is 0 Å². The third-order valence-corrected chi connectivity index (χ3v) is 3.98. The van der Waals surface area contributed by atoms with Crippen LogP contribution in [-0.2, 0) is 12.8 Å². The first-order chi connectivity index (χ1) is 9.65. The summed E-state index contributed by atoms with van der Waals surface area (Å²) in [5.74, 6) is -0.104. The number of amides is 1. The average molecular weight is 266 g/mol. The Morgan fingerprint density at radius 3 is 2.80 bits per heavy atom. The van der Waals surface area contributed by atoms with Crippen LogP contribution in [0, 0.1) is 6.92 Å². The van der Waals surface area contributed by atoms with Crippen molar-refractivity contribution >= 4 is 17.3 Å². The van der Waals surface area contributed by atoms with Crippen LogP contribution < -0.4 is 11.1 Å². The predicted octanol–water partition coefficient (Wildman–Crippen LogP) is 3.32. The number of fused-ring (bicyclic) bond motifs is 1. The van der Waals surface area contributed by atoms with Gasteiger partial charge in [-0.25, -0.2) is 0 Å². The van der Waals surface area contributed by atoms with E-state index >= 15 is 0 Å². The lowest BCUT2D eigenvalue weighted by atomic mass is 10.1. The molecule has 0 heterocycles. The molecule has 1 aliphatic rings. The first kappa shape index (κ1) is 12.7. The first-order valence-corrected chi connectivity index (χ1v) is 6.93. The molecule has 0 unspecified atom stereocenters. The van der Waals surface area contributed by atoms with Crippen molar-refractivity contribution in [3.8, 4) is 0 Å². The van der Waals surface area contributed by atoms with Gasteiger partial charge in [0.15, 0.2) is 0 Å². The molecule has 0 fully saturated rings. The van der Waals surface area contributed by atoms with Crippen molar-refractivity contribution in [3.05, 3.63) is 58.7 Å². The summed E-state index contributed by atoms with van der Waals surface area (Å²) >= 11 is 0. The van der Waals surface area contributed by atoms with E-state index in [2.05, 4.69) is 17.4 Å². The van der Waals surface area contributed by atoms with Gasteiger partial charge < -0.3 is 11.1 Å². The fourth-order valence-electron chi connectivity index (χ4n) is 2.75. The van der Waals surface area contributed by atoms with Crippen LogP contribution in [0.3, 0.4) is 0 Å². The second-order valence-corrected chi connectivity index (χ2v) is 5.31. The number of benzene rings is 2. The molecular weight excluding hydrogens is 248 g/mol. The summed E-state index contributed by atoms with van der Waals surface area (Å²) < 4.78 is 0. The number of anilines is 2. The van der Waals surface area contributed by atoms with E-state index in [9.17, 15) is 4.79 Å². The molecule has 2 aromatic rings. The molecule has 3 nitrogen and oxygen atoms in total. The van der Waals surface area contributed by atoms with Gasteiger partial charge in [-0.1, -0.05) is 12.1 Å². The van der Waals surface area contributed by atoms with Crippen LogP contribution in [0.15, 0.2) is 36.4 Å². The largest absolute Gasteiger partial charge is 0.398 e. The number of hydrogen-bond acceptors (Lipinski definition) is 2. The number of nitrogens with two attached hydrogens (primary N) is 1. The second-order valence-electron chi connectivity index (χ2n) is 5.31. The van der Waals surface area contributed by atoms with Crippen LogP contribution in [0.1, 0.15) is 33.5 Å². The number of rotatable bonds is 2. The van der Waals surface area contributed by atoms with Crippen molar-refractivity contribution in [2.24, 2.45) is 0 Å². The van der Waals surface area contributed by atoms with Gasteiger partial charge in [0.25, 0.3) is 5.91 Å². The molecule has 3 N–H and O–H groups in total. The number of aryl methyl sites for hydroxylation is 2. The van der Waals surface area contributed by atoms with E-state index in [0.29, 0.717) is 11.3 Å². The zero-order valence-electron chi connectivity index (χ0n) is 11.6. The van der Waals surface area contributed by atoms with Gasteiger partial charge in [-0.2, -0.15) is 0 Å². The van der Waals surface area contributed by atoms with E-state index in [-0.39, 0.29) is 5.91 Å². The van der Waals surface area contributed by atoms with Crippen molar-refractivity contribution < 1.29 is 4.79 Å². The summed E-state index contributed by atoms with van der Waals surface area (Å²) in [4.78, 5) is 12.3. The maximum absolute atomic E-state index is 12.3. The van der Waals surface area contributed by atoms with E-state index in [0.717, 1.165) is 24.1 Å². The standard InChI is InChI=1S/C17H18N2O/c1-11-15(6-3-7-16(11)18)17(20)19-14-9-8-12-4-2-5-13(12)10-14/h3,6-10H,2,4-5,18H2,1H3,(H,19,20). The fourth-order valence-corrected chi connectivity index (χ4v) is 2.75. The molecule has 0 bridgehead atoms. The van der Waals surface area contributed by atoms with Crippen LogP contribution in [0.5, 0.6) is 0 Å². The fraction of sp³-hybridized carbons (Fsp3) is 0.235. The zero-order valence-corrected chi connectivity index (χ0v) is 11.6. The SMILES string of the molecule is Cc1c(N)cccc1C(=O)Nc1ccc2c(c1)CCC2. The summed E-state index contributed by atoms with van der Waals surface area (Å²) in [5, 5.41) is 2.96. The Morgan fingerprint density at radius 2 is 1.95 bits per heavy atom. The Kier molecular flexibility index (Phi) is 3.18. The molecule has 0 saturated carbocycles. The Hall–Kier alpha value is -2.29. The highest BCUT2D eigenvalue weighted by molar-refractivity contribution is 6.06. The van der Waals surface area contributed by atoms with E-state index in [1.54, 1.807) is 12.1 Å². The third-order valence-electron chi connectivity index (χ3n) is 3.98. The molecule has 0 atom stereocenters. The minimum atomic E-state index is -0.104. The summed E-state index contributed by atoms with van der Waals surface area (Å²) in [7, 11) is 0. The summed E-state index contributed by atoms with van der Waals surface area (Å²) in [6, 6.07) is 11.6. The lowest BCUT2D eigenvalue weighted by Gasteiger charge is -2.10. The molecule has 2 aromatic carbocycles. The highest BCUT2D eigenvalue weighted by Crippen LogP contribution is 2.25. The van der Waals surface area contributed by atoms with Gasteiger partial charge in [0, 0.05) is 16.9 Å². The van der Waals surface area contributed by atoms with Gasteiger partial charge in [-0.05, 0) is 67.1 Å². The van der Waals surface area contributed by atoms with E-state index in [1.165, 1.54) is 17.5 Å². The quantitative estimate of drug-likeness (QED) is 0.819. The molecule has 20 heavy (non-hydrogen) atoms. The van der Waals surface area contributed by atoms with Gasteiger partial charge in [0.05, 0.1) is 0 Å². The zero-order chi connectivity index (χ0) is 14.1. The van der Waals surface area contributed by atoms with E-state index < -0.39 is 0 Å². The minimum Gasteiger partial charge on any atom is -0.398 e. The van der Waals surface area contributed by atoms with Gasteiger partial charge in [0.1, 0.15) is 0 Å². The topological polar surface area (TPSA) is 55.1 Å². The summed E-state index contributed by atoms with van der Waals surface area (Å²) in [6.07, 6.45) is 3.47. The Balaban J connectivity index is 1.84. The van der Waals surface area contributed by atoms with Crippen molar-refractivity contribution in [2.45, 2.75) is 26.2 Å². The number of nitrogen functional groups attached to an aromatic ring is 1. The molecule has 0 radical (unpaired) electrons. The smallest absolute Gasteiger partial charge is 0.256 e. The summed E-state index contributed by atoms with van der Waals surface area (Å²) in [5.41, 5.74) is 11.6. The van der Waals surface area contributed by atoms with E-state index in [1.807, 2.05) is 19.1 Å². The maximum Gasteiger partial charge on any atom is 0.256 e. The Morgan fingerprint density at radius 1 is 1.15 bits per heavy atom. The molecule has 0 saturated heterocycles. The van der Waals surface area contributed by atoms with E-state index in [4.69, 9.17) is 5.73 Å². The summed E-state index contributed by atoms with van der Waals surface area (Å²) in [6.45, 7) is 1.87. The van der Waals surface area contributed by atoms with Crippen molar-refractivity contribution in [2.75, 3.05) is 11.1 Å². The monoisotopic (exact) mass is 266 g/mol. The molecule has 3 heteroatoms. The lowest BCUT2D eigenvalue weighted by Crippen LogP contribution is -2.14. The molecule has 1 amide bonds. The number of nitrogens with one attached hydrogen (secondary N) is 1. The molecule has 0 aromatic heterocycles. The first-order valence-electron chi connectivity index (χ1n) is 6.93. The molecule has 3 rings (SSSR count). The normalized spacial score (nSPS) is 13.1. The van der Waals surface area contributed by atoms with Gasteiger partial charge >= 0.3 is 0 Å². The molecule has 102 valence electrons. The third kappa shape index (κ3) is 2.27. The second kappa shape index (κ2) is 5.00. The van der Waals surface area contributed by atoms with Crippen molar-refractivity contribution in [1.29, 1.82) is 0 Å². The number of hydrogen-bond donors (Lipinski definition) is 2. The minimum absolute atomic E-state index is 0.104. The van der Waals surface area contributed by atoms with Crippen molar-refractivity contribution in [1.82, 2.24) is 0 Å². The average Bonchev–Trinajstić information content (AvgIpc) is 2.89. The Labute approximate surface area is 118 Å². The Bertz CT molecular complexity index is 677. The molecule has 1 aliphatic carbocycles.